The lowest BCUT2D eigenvalue weighted by atomic mass is 9.69. The minimum absolute atomic E-state index is 0.00976. The van der Waals surface area contributed by atoms with Gasteiger partial charge >= 0.3 is 0 Å². The molecule has 1 amide bonds. The van der Waals surface area contributed by atoms with Crippen LogP contribution in [0.1, 0.15) is 58.4 Å². The van der Waals surface area contributed by atoms with E-state index in [1.165, 1.54) is 17.7 Å². The maximum Gasteiger partial charge on any atom is 0.263 e. The predicted octanol–water partition coefficient (Wildman–Crippen LogP) is 2.21. The van der Waals surface area contributed by atoms with Crippen molar-refractivity contribution in [2.24, 2.45) is 12.5 Å². The molecule has 0 unspecified atom stereocenters. The number of nitrogens with one attached hydrogen (secondary N) is 2. The molecule has 1 saturated heterocycles. The average molecular weight is 613 g/mol. The van der Waals surface area contributed by atoms with Crippen molar-refractivity contribution < 1.29 is 18.0 Å². The summed E-state index contributed by atoms with van der Waals surface area (Å²) >= 11 is 0. The molecule has 14 heteroatoms. The smallest absolute Gasteiger partial charge is 0.263 e. The first-order valence-corrected chi connectivity index (χ1v) is 16.3. The summed E-state index contributed by atoms with van der Waals surface area (Å²) in [6.45, 7) is 7.52. The molecule has 2 aromatic heterocycles. The van der Waals surface area contributed by atoms with Crippen LogP contribution in [0, 0.1) is 5.41 Å². The zero-order chi connectivity index (χ0) is 30.7. The SMILES string of the molecule is CONc1nc2c(N3CCN(C(=O)C4(C)CCC4)[C@H](C)C3)cc(S(=O)(=O)NC3(C)CC3)cc2c(=O)n1Cc1cnn(C)c1. The Morgan fingerprint density at radius 2 is 1.91 bits per heavy atom. The standard InChI is InChI=1S/C29H40N8O5S/c1-19-16-35(11-12-36(19)26(39)28(2)7-6-8-28)23-14-21(43(40,41)33-29(3)9-10-29)13-22-24(23)31-27(32-42-5)37(25(22)38)18-20-15-30-34(4)17-20/h13-15,17,19,33H,6-12,16,18H2,1-5H3,(H,31,32)/t19-/m1/s1. The fraction of sp³-hybridized carbons (Fsp3) is 0.586. The normalized spacial score (nSPS) is 21.1. The van der Waals surface area contributed by atoms with E-state index in [1.807, 2.05) is 30.6 Å². The first-order chi connectivity index (χ1) is 20.3. The summed E-state index contributed by atoms with van der Waals surface area (Å²) in [5.74, 6) is 0.362. The van der Waals surface area contributed by atoms with Crippen molar-refractivity contribution in [1.29, 1.82) is 0 Å². The third-order valence-electron chi connectivity index (χ3n) is 9.20. The summed E-state index contributed by atoms with van der Waals surface area (Å²) in [7, 11) is -0.712. The molecule has 43 heavy (non-hydrogen) atoms. The third-order valence-corrected chi connectivity index (χ3v) is 10.8. The number of fused-ring (bicyclic) bond motifs is 1. The number of anilines is 2. The lowest BCUT2D eigenvalue weighted by Crippen LogP contribution is -2.58. The number of carbonyl (C=O) groups excluding carboxylic acids is 1. The third kappa shape index (κ3) is 5.51. The Morgan fingerprint density at radius 3 is 2.49 bits per heavy atom. The summed E-state index contributed by atoms with van der Waals surface area (Å²) < 4.78 is 33.1. The van der Waals surface area contributed by atoms with Gasteiger partial charge in [-0.3, -0.25) is 23.7 Å². The van der Waals surface area contributed by atoms with Crippen LogP contribution in [-0.4, -0.2) is 76.9 Å². The van der Waals surface area contributed by atoms with Crippen LogP contribution in [0.2, 0.25) is 0 Å². The maximum atomic E-state index is 14.1. The molecule has 1 atom stereocenters. The molecule has 0 spiro atoms. The van der Waals surface area contributed by atoms with Crippen molar-refractivity contribution in [2.45, 2.75) is 75.9 Å². The van der Waals surface area contributed by atoms with Gasteiger partial charge in [-0.05, 0) is 51.7 Å². The van der Waals surface area contributed by atoms with Crippen LogP contribution < -0.4 is 20.7 Å². The molecule has 3 aromatic rings. The van der Waals surface area contributed by atoms with E-state index in [4.69, 9.17) is 9.82 Å². The van der Waals surface area contributed by atoms with Crippen molar-refractivity contribution in [3.63, 3.8) is 0 Å². The van der Waals surface area contributed by atoms with Gasteiger partial charge in [-0.15, -0.1) is 0 Å². The molecule has 3 fully saturated rings. The lowest BCUT2D eigenvalue weighted by Gasteiger charge is -2.47. The second kappa shape index (κ2) is 10.6. The quantitative estimate of drug-likeness (QED) is 0.348. The number of sulfonamides is 1. The average Bonchev–Trinajstić information content (AvgIpc) is 3.51. The van der Waals surface area contributed by atoms with Gasteiger partial charge in [0.25, 0.3) is 5.56 Å². The van der Waals surface area contributed by atoms with Gasteiger partial charge in [0, 0.05) is 55.4 Å². The van der Waals surface area contributed by atoms with Gasteiger partial charge in [0.2, 0.25) is 21.9 Å². The van der Waals surface area contributed by atoms with Gasteiger partial charge in [0.05, 0.1) is 35.8 Å². The van der Waals surface area contributed by atoms with E-state index in [1.54, 1.807) is 30.2 Å². The second-order valence-electron chi connectivity index (χ2n) is 12.9. The van der Waals surface area contributed by atoms with E-state index >= 15 is 0 Å². The topological polar surface area (TPSA) is 144 Å². The van der Waals surface area contributed by atoms with Crippen LogP contribution >= 0.6 is 0 Å². The number of amides is 1. The molecule has 0 bridgehead atoms. The first-order valence-electron chi connectivity index (χ1n) is 14.8. The van der Waals surface area contributed by atoms with Crippen LogP contribution in [-0.2, 0) is 33.2 Å². The highest BCUT2D eigenvalue weighted by atomic mass is 32.2. The van der Waals surface area contributed by atoms with E-state index in [9.17, 15) is 18.0 Å². The first kappa shape index (κ1) is 29.6. The molecule has 1 aromatic carbocycles. The molecule has 3 aliphatic rings. The number of benzene rings is 1. The molecular weight excluding hydrogens is 572 g/mol. The second-order valence-corrected chi connectivity index (χ2v) is 14.6. The van der Waals surface area contributed by atoms with E-state index in [0.717, 1.165) is 37.7 Å². The van der Waals surface area contributed by atoms with Crippen LogP contribution in [0.15, 0.2) is 34.2 Å². The van der Waals surface area contributed by atoms with Crippen molar-refractivity contribution >= 4 is 38.5 Å². The van der Waals surface area contributed by atoms with Crippen LogP contribution in [0.5, 0.6) is 0 Å². The Hall–Kier alpha value is -3.49. The van der Waals surface area contributed by atoms with Gasteiger partial charge < -0.3 is 9.80 Å². The molecule has 2 N–H and O–H groups in total. The van der Waals surface area contributed by atoms with Gasteiger partial charge in [-0.1, -0.05) is 13.3 Å². The van der Waals surface area contributed by atoms with Crippen molar-refractivity contribution in [1.82, 2.24) is 29.0 Å². The number of hydrogen-bond acceptors (Lipinski definition) is 9. The number of hydrogen-bond donors (Lipinski definition) is 2. The Bertz CT molecular complexity index is 1740. The van der Waals surface area contributed by atoms with E-state index in [0.29, 0.717) is 30.8 Å². The Balaban J connectivity index is 1.45. The summed E-state index contributed by atoms with van der Waals surface area (Å²) in [6, 6.07) is 2.90. The van der Waals surface area contributed by atoms with Crippen LogP contribution in [0.3, 0.4) is 0 Å². The molecule has 6 rings (SSSR count). The predicted molar refractivity (Wildman–Crippen MR) is 162 cm³/mol. The van der Waals surface area contributed by atoms with Gasteiger partial charge in [0.15, 0.2) is 0 Å². The fourth-order valence-electron chi connectivity index (χ4n) is 6.15. The molecule has 3 heterocycles. The largest absolute Gasteiger partial charge is 0.366 e. The van der Waals surface area contributed by atoms with E-state index < -0.39 is 21.1 Å². The molecule has 1 aliphatic heterocycles. The van der Waals surface area contributed by atoms with Crippen molar-refractivity contribution in [3.8, 4) is 0 Å². The Labute approximate surface area is 251 Å². The summed E-state index contributed by atoms with van der Waals surface area (Å²) in [5, 5.41) is 4.38. The number of nitrogens with zero attached hydrogens (tertiary/aromatic N) is 6. The zero-order valence-corrected chi connectivity index (χ0v) is 26.2. The maximum absolute atomic E-state index is 14.1. The summed E-state index contributed by atoms with van der Waals surface area (Å²) in [5.41, 5.74) is 3.19. The summed E-state index contributed by atoms with van der Waals surface area (Å²) in [4.78, 5) is 41.5. The molecule has 232 valence electrons. The van der Waals surface area contributed by atoms with E-state index in [2.05, 4.69) is 15.3 Å². The minimum Gasteiger partial charge on any atom is -0.366 e. The zero-order valence-electron chi connectivity index (χ0n) is 25.4. The Kier molecular flexibility index (Phi) is 7.29. The summed E-state index contributed by atoms with van der Waals surface area (Å²) in [6.07, 6.45) is 7.84. The van der Waals surface area contributed by atoms with Crippen LogP contribution in [0.4, 0.5) is 11.6 Å². The van der Waals surface area contributed by atoms with Crippen molar-refractivity contribution in [2.75, 3.05) is 37.1 Å². The Morgan fingerprint density at radius 1 is 1.16 bits per heavy atom. The van der Waals surface area contributed by atoms with Crippen molar-refractivity contribution in [3.05, 3.63) is 40.4 Å². The highest BCUT2D eigenvalue weighted by Crippen LogP contribution is 2.43. The lowest BCUT2D eigenvalue weighted by molar-refractivity contribution is -0.148. The van der Waals surface area contributed by atoms with Gasteiger partial charge in [-0.25, -0.2) is 23.6 Å². The number of piperazine rings is 1. The highest BCUT2D eigenvalue weighted by molar-refractivity contribution is 7.89. The number of rotatable bonds is 9. The number of carbonyl (C=O) groups is 1. The molecule has 0 radical (unpaired) electrons. The molecular formula is C29H40N8O5S. The highest BCUT2D eigenvalue weighted by Gasteiger charge is 2.44. The molecule has 13 nitrogen and oxygen atoms in total. The van der Waals surface area contributed by atoms with Gasteiger partial charge in [0.1, 0.15) is 5.52 Å². The van der Waals surface area contributed by atoms with Crippen LogP contribution in [0.25, 0.3) is 10.9 Å². The van der Waals surface area contributed by atoms with E-state index in [-0.39, 0.29) is 40.1 Å². The number of aryl methyl sites for hydroxylation is 1. The monoisotopic (exact) mass is 612 g/mol. The minimum atomic E-state index is -3.94. The number of aromatic nitrogens is 4. The van der Waals surface area contributed by atoms with Gasteiger partial charge in [-0.2, -0.15) is 5.10 Å². The molecule has 2 saturated carbocycles. The molecule has 2 aliphatic carbocycles. The fourth-order valence-corrected chi connectivity index (χ4v) is 7.66.